The summed E-state index contributed by atoms with van der Waals surface area (Å²) in [6, 6.07) is 5.37. The largest absolute Gasteiger partial charge is 0.383 e. The highest BCUT2D eigenvalue weighted by Crippen LogP contribution is 2.22. The number of likely N-dealkylation sites (N-methyl/N-ethyl adjacent to an activating group) is 1. The summed E-state index contributed by atoms with van der Waals surface area (Å²) in [5.74, 6) is -0.129. The van der Waals surface area contributed by atoms with Crippen molar-refractivity contribution in [2.24, 2.45) is 0 Å². The van der Waals surface area contributed by atoms with Gasteiger partial charge < -0.3 is 19.9 Å². The topological polar surface area (TPSA) is 27.7 Å². The van der Waals surface area contributed by atoms with Gasteiger partial charge in [0.1, 0.15) is 5.82 Å². The van der Waals surface area contributed by atoms with Crippen LogP contribution in [0.1, 0.15) is 5.56 Å². The van der Waals surface area contributed by atoms with Crippen molar-refractivity contribution in [2.75, 3.05) is 58.4 Å². The zero-order valence-corrected chi connectivity index (χ0v) is 12.4. The van der Waals surface area contributed by atoms with Crippen molar-refractivity contribution in [1.82, 2.24) is 10.2 Å². The third kappa shape index (κ3) is 4.16. The summed E-state index contributed by atoms with van der Waals surface area (Å²) in [6.07, 6.45) is 0. The molecule has 20 heavy (non-hydrogen) atoms. The average molecular weight is 281 g/mol. The number of nitrogens with zero attached hydrogens (tertiary/aromatic N) is 2. The zero-order valence-electron chi connectivity index (χ0n) is 12.4. The number of nitrogens with one attached hydrogen (secondary N) is 1. The molecule has 0 saturated carbocycles. The minimum Gasteiger partial charge on any atom is -0.383 e. The van der Waals surface area contributed by atoms with Gasteiger partial charge in [-0.3, -0.25) is 0 Å². The van der Waals surface area contributed by atoms with Crippen LogP contribution in [0.4, 0.5) is 10.1 Å². The van der Waals surface area contributed by atoms with Crippen molar-refractivity contribution in [3.63, 3.8) is 0 Å². The van der Waals surface area contributed by atoms with Crippen LogP contribution in [0.25, 0.3) is 0 Å². The van der Waals surface area contributed by atoms with E-state index in [0.29, 0.717) is 6.61 Å². The van der Waals surface area contributed by atoms with Crippen molar-refractivity contribution >= 4 is 5.69 Å². The summed E-state index contributed by atoms with van der Waals surface area (Å²) in [7, 11) is 3.79. The van der Waals surface area contributed by atoms with Gasteiger partial charge in [-0.05, 0) is 24.7 Å². The highest BCUT2D eigenvalue weighted by atomic mass is 19.1. The molecule has 1 aromatic carbocycles. The zero-order chi connectivity index (χ0) is 14.4. The Hall–Kier alpha value is -1.17. The van der Waals surface area contributed by atoms with Crippen LogP contribution in [-0.2, 0) is 11.3 Å². The van der Waals surface area contributed by atoms with E-state index >= 15 is 0 Å². The van der Waals surface area contributed by atoms with Gasteiger partial charge in [0.05, 0.1) is 12.3 Å². The first-order valence-electron chi connectivity index (χ1n) is 7.12. The molecule has 0 bridgehead atoms. The van der Waals surface area contributed by atoms with Crippen LogP contribution in [0.3, 0.4) is 0 Å². The number of hydrogen-bond donors (Lipinski definition) is 1. The van der Waals surface area contributed by atoms with Gasteiger partial charge in [0.15, 0.2) is 0 Å². The summed E-state index contributed by atoms with van der Waals surface area (Å²) in [5, 5.41) is 3.29. The van der Waals surface area contributed by atoms with Gasteiger partial charge in [-0.1, -0.05) is 6.07 Å². The Bertz CT molecular complexity index is 420. The maximum atomic E-state index is 14.0. The lowest BCUT2D eigenvalue weighted by molar-refractivity contribution is 0.199. The number of anilines is 1. The third-order valence-corrected chi connectivity index (χ3v) is 3.67. The first-order valence-corrected chi connectivity index (χ1v) is 7.12. The molecule has 0 spiro atoms. The van der Waals surface area contributed by atoms with E-state index in [1.807, 2.05) is 12.1 Å². The summed E-state index contributed by atoms with van der Waals surface area (Å²) in [4.78, 5) is 4.40. The van der Waals surface area contributed by atoms with Crippen LogP contribution in [0, 0.1) is 5.82 Å². The minimum absolute atomic E-state index is 0.129. The molecule has 1 N–H and O–H groups in total. The second-order valence-electron chi connectivity index (χ2n) is 5.25. The fourth-order valence-electron chi connectivity index (χ4n) is 2.36. The Balaban J connectivity index is 1.97. The molecule has 0 aliphatic carbocycles. The summed E-state index contributed by atoms with van der Waals surface area (Å²) in [5.41, 5.74) is 1.83. The van der Waals surface area contributed by atoms with E-state index in [2.05, 4.69) is 22.2 Å². The smallest absolute Gasteiger partial charge is 0.146 e. The monoisotopic (exact) mass is 281 g/mol. The maximum absolute atomic E-state index is 14.0. The number of methoxy groups -OCH3 is 1. The Morgan fingerprint density at radius 1 is 1.25 bits per heavy atom. The van der Waals surface area contributed by atoms with Crippen LogP contribution in [0.5, 0.6) is 0 Å². The second-order valence-corrected chi connectivity index (χ2v) is 5.25. The van der Waals surface area contributed by atoms with Gasteiger partial charge in [0.2, 0.25) is 0 Å². The molecule has 1 saturated heterocycles. The van der Waals surface area contributed by atoms with Crippen molar-refractivity contribution < 1.29 is 9.13 Å². The molecule has 1 aliphatic heterocycles. The first-order chi connectivity index (χ1) is 9.70. The van der Waals surface area contributed by atoms with E-state index < -0.39 is 0 Å². The second kappa shape index (κ2) is 7.57. The molecule has 2 rings (SSSR count). The van der Waals surface area contributed by atoms with Gasteiger partial charge in [0.25, 0.3) is 0 Å². The number of halogens is 1. The predicted octanol–water partition coefficient (Wildman–Crippen LogP) is 1.31. The van der Waals surface area contributed by atoms with E-state index in [-0.39, 0.29) is 5.82 Å². The Morgan fingerprint density at radius 3 is 2.70 bits per heavy atom. The van der Waals surface area contributed by atoms with Gasteiger partial charge in [0, 0.05) is 46.4 Å². The SMILES string of the molecule is COCCNCc1ccc(F)c(N2CCN(C)CC2)c1. The number of hydrogen-bond acceptors (Lipinski definition) is 4. The summed E-state index contributed by atoms with van der Waals surface area (Å²) >= 11 is 0. The van der Waals surface area contributed by atoms with Crippen LogP contribution in [0.15, 0.2) is 18.2 Å². The van der Waals surface area contributed by atoms with E-state index in [1.54, 1.807) is 13.2 Å². The van der Waals surface area contributed by atoms with Crippen LogP contribution < -0.4 is 10.2 Å². The third-order valence-electron chi connectivity index (χ3n) is 3.67. The molecule has 0 amide bonds. The lowest BCUT2D eigenvalue weighted by Gasteiger charge is -2.34. The first kappa shape index (κ1) is 15.2. The fourth-order valence-corrected chi connectivity index (χ4v) is 2.36. The molecule has 5 heteroatoms. The Labute approximate surface area is 120 Å². The maximum Gasteiger partial charge on any atom is 0.146 e. The molecule has 1 fully saturated rings. The lowest BCUT2D eigenvalue weighted by atomic mass is 10.1. The number of ether oxygens (including phenoxy) is 1. The van der Waals surface area contributed by atoms with Crippen molar-refractivity contribution in [2.45, 2.75) is 6.54 Å². The molecule has 0 unspecified atom stereocenters. The van der Waals surface area contributed by atoms with Gasteiger partial charge in [-0.15, -0.1) is 0 Å². The molecular weight excluding hydrogens is 257 g/mol. The van der Waals surface area contributed by atoms with Crippen molar-refractivity contribution in [3.05, 3.63) is 29.6 Å². The minimum atomic E-state index is -0.129. The van der Waals surface area contributed by atoms with Gasteiger partial charge in [-0.2, -0.15) is 0 Å². The molecule has 0 radical (unpaired) electrons. The highest BCUT2D eigenvalue weighted by molar-refractivity contribution is 5.50. The van der Waals surface area contributed by atoms with E-state index in [4.69, 9.17) is 4.74 Å². The molecule has 0 atom stereocenters. The average Bonchev–Trinajstić information content (AvgIpc) is 2.46. The van der Waals surface area contributed by atoms with Gasteiger partial charge >= 0.3 is 0 Å². The Kier molecular flexibility index (Phi) is 5.76. The van der Waals surface area contributed by atoms with E-state index in [9.17, 15) is 4.39 Å². The molecule has 1 aromatic rings. The standard InChI is InChI=1S/C15H24FN3O/c1-18-6-8-19(9-7-18)15-11-13(3-4-14(15)16)12-17-5-10-20-2/h3-4,11,17H,5-10,12H2,1-2H3. The fraction of sp³-hybridized carbons (Fsp3) is 0.600. The normalized spacial score (nSPS) is 16.6. The molecular formula is C15H24FN3O. The Morgan fingerprint density at radius 2 is 2.00 bits per heavy atom. The summed E-state index contributed by atoms with van der Waals surface area (Å²) < 4.78 is 19.0. The quantitative estimate of drug-likeness (QED) is 0.796. The molecule has 4 nitrogen and oxygen atoms in total. The van der Waals surface area contributed by atoms with Crippen molar-refractivity contribution in [3.8, 4) is 0 Å². The molecule has 0 aromatic heterocycles. The highest BCUT2D eigenvalue weighted by Gasteiger charge is 2.17. The van der Waals surface area contributed by atoms with Crippen LogP contribution in [0.2, 0.25) is 0 Å². The van der Waals surface area contributed by atoms with E-state index in [1.165, 1.54) is 0 Å². The number of benzene rings is 1. The van der Waals surface area contributed by atoms with Crippen molar-refractivity contribution in [1.29, 1.82) is 0 Å². The van der Waals surface area contributed by atoms with Gasteiger partial charge in [-0.25, -0.2) is 4.39 Å². The lowest BCUT2D eigenvalue weighted by Crippen LogP contribution is -2.44. The predicted molar refractivity (Wildman–Crippen MR) is 79.7 cm³/mol. The van der Waals surface area contributed by atoms with E-state index in [0.717, 1.165) is 50.5 Å². The molecule has 1 heterocycles. The molecule has 112 valence electrons. The number of rotatable bonds is 6. The van der Waals surface area contributed by atoms with Crippen LogP contribution in [-0.4, -0.2) is 58.4 Å². The van der Waals surface area contributed by atoms with Crippen LogP contribution >= 0.6 is 0 Å². The number of piperazine rings is 1. The molecule has 1 aliphatic rings. The summed E-state index contributed by atoms with van der Waals surface area (Å²) in [6.45, 7) is 5.96.